The number of aromatic nitrogens is 2. The van der Waals surface area contributed by atoms with Crippen molar-refractivity contribution in [2.45, 2.75) is 26.8 Å². The van der Waals surface area contributed by atoms with Crippen molar-refractivity contribution in [3.63, 3.8) is 0 Å². The first-order valence-corrected chi connectivity index (χ1v) is 5.32. The van der Waals surface area contributed by atoms with Gasteiger partial charge < -0.3 is 9.73 Å². The maximum atomic E-state index is 5.50. The zero-order chi connectivity index (χ0) is 11.5. The average molecular weight is 217 g/mol. The second kappa shape index (κ2) is 4.35. The van der Waals surface area contributed by atoms with Gasteiger partial charge in [-0.25, -0.2) is 0 Å². The van der Waals surface area contributed by atoms with Crippen LogP contribution in [0.5, 0.6) is 0 Å². The smallest absolute Gasteiger partial charge is 0.315 e. The molecular weight excluding hydrogens is 202 g/mol. The molecule has 0 aliphatic heterocycles. The molecule has 0 saturated heterocycles. The lowest BCUT2D eigenvalue weighted by Crippen LogP contribution is -2.09. The first-order chi connectivity index (χ1) is 7.65. The van der Waals surface area contributed by atoms with E-state index in [0.717, 1.165) is 5.56 Å². The summed E-state index contributed by atoms with van der Waals surface area (Å²) in [5.74, 6) is 0.548. The summed E-state index contributed by atoms with van der Waals surface area (Å²) in [4.78, 5) is 0. The van der Waals surface area contributed by atoms with Gasteiger partial charge in [0, 0.05) is 11.6 Å². The molecule has 0 radical (unpaired) electrons. The molecule has 84 valence electrons. The predicted molar refractivity (Wildman–Crippen MR) is 63.2 cm³/mol. The van der Waals surface area contributed by atoms with Crippen LogP contribution in [0.25, 0.3) is 11.5 Å². The Hall–Kier alpha value is -1.84. The summed E-state index contributed by atoms with van der Waals surface area (Å²) in [5.41, 5.74) is 2.12. The number of rotatable bonds is 3. The summed E-state index contributed by atoms with van der Waals surface area (Å²) < 4.78 is 5.50. The summed E-state index contributed by atoms with van der Waals surface area (Å²) in [6.07, 6.45) is 0. The molecule has 1 aromatic heterocycles. The second-order valence-corrected chi connectivity index (χ2v) is 4.08. The molecular formula is C12H15N3O. The van der Waals surface area contributed by atoms with E-state index in [1.54, 1.807) is 0 Å². The van der Waals surface area contributed by atoms with E-state index in [2.05, 4.69) is 15.5 Å². The van der Waals surface area contributed by atoms with E-state index in [4.69, 9.17) is 4.42 Å². The Bertz CT molecular complexity index is 477. The minimum absolute atomic E-state index is 0.283. The third-order valence-corrected chi connectivity index (χ3v) is 2.10. The molecule has 2 aromatic rings. The first kappa shape index (κ1) is 10.7. The Labute approximate surface area is 94.7 Å². The lowest BCUT2D eigenvalue weighted by Gasteiger charge is -2.02. The van der Waals surface area contributed by atoms with Crippen molar-refractivity contribution >= 4 is 6.01 Å². The fourth-order valence-electron chi connectivity index (χ4n) is 1.42. The number of aryl methyl sites for hydroxylation is 1. The van der Waals surface area contributed by atoms with Gasteiger partial charge >= 0.3 is 6.01 Å². The maximum absolute atomic E-state index is 5.50. The number of hydrogen-bond donors (Lipinski definition) is 1. The van der Waals surface area contributed by atoms with Crippen LogP contribution < -0.4 is 5.32 Å². The van der Waals surface area contributed by atoms with Gasteiger partial charge in [-0.2, -0.15) is 0 Å². The Balaban J connectivity index is 2.24. The number of nitrogens with zero attached hydrogens (tertiary/aromatic N) is 2. The van der Waals surface area contributed by atoms with Crippen LogP contribution in [-0.4, -0.2) is 16.2 Å². The standard InChI is InChI=1S/C12H15N3O/c1-8(2)13-12-15-14-11(16-12)10-6-4-5-9(3)7-10/h4-8H,1-3H3,(H,13,15). The lowest BCUT2D eigenvalue weighted by molar-refractivity contribution is 0.574. The van der Waals surface area contributed by atoms with Crippen molar-refractivity contribution in [1.29, 1.82) is 0 Å². The van der Waals surface area contributed by atoms with Crippen LogP contribution in [0, 0.1) is 6.92 Å². The molecule has 2 rings (SSSR count). The quantitative estimate of drug-likeness (QED) is 0.858. The van der Waals surface area contributed by atoms with Crippen molar-refractivity contribution in [3.05, 3.63) is 29.8 Å². The van der Waals surface area contributed by atoms with E-state index in [-0.39, 0.29) is 6.04 Å². The Morgan fingerprint density at radius 3 is 2.75 bits per heavy atom. The van der Waals surface area contributed by atoms with E-state index in [0.29, 0.717) is 11.9 Å². The van der Waals surface area contributed by atoms with Gasteiger partial charge in [-0.3, -0.25) is 0 Å². The van der Waals surface area contributed by atoms with Gasteiger partial charge in [-0.15, -0.1) is 5.10 Å². The highest BCUT2D eigenvalue weighted by atomic mass is 16.4. The lowest BCUT2D eigenvalue weighted by atomic mass is 10.1. The van der Waals surface area contributed by atoms with Gasteiger partial charge in [0.2, 0.25) is 5.89 Å². The Morgan fingerprint density at radius 1 is 1.25 bits per heavy atom. The zero-order valence-electron chi connectivity index (χ0n) is 9.69. The SMILES string of the molecule is Cc1cccc(-c2nnc(NC(C)C)o2)c1. The predicted octanol–water partition coefficient (Wildman–Crippen LogP) is 2.87. The molecule has 4 heteroatoms. The number of benzene rings is 1. The molecule has 0 aliphatic carbocycles. The number of hydrogen-bond acceptors (Lipinski definition) is 4. The summed E-state index contributed by atoms with van der Waals surface area (Å²) in [7, 11) is 0. The molecule has 0 amide bonds. The van der Waals surface area contributed by atoms with Crippen LogP contribution in [0.15, 0.2) is 28.7 Å². The van der Waals surface area contributed by atoms with Gasteiger partial charge in [0.25, 0.3) is 0 Å². The zero-order valence-corrected chi connectivity index (χ0v) is 9.69. The summed E-state index contributed by atoms with van der Waals surface area (Å²) >= 11 is 0. The molecule has 16 heavy (non-hydrogen) atoms. The van der Waals surface area contributed by atoms with E-state index >= 15 is 0 Å². The number of anilines is 1. The first-order valence-electron chi connectivity index (χ1n) is 5.32. The third kappa shape index (κ3) is 2.39. The molecule has 0 aliphatic rings. The molecule has 0 fully saturated rings. The second-order valence-electron chi connectivity index (χ2n) is 4.08. The Morgan fingerprint density at radius 2 is 2.06 bits per heavy atom. The van der Waals surface area contributed by atoms with E-state index < -0.39 is 0 Å². The van der Waals surface area contributed by atoms with Gasteiger partial charge in [-0.05, 0) is 32.9 Å². The highest BCUT2D eigenvalue weighted by Crippen LogP contribution is 2.20. The summed E-state index contributed by atoms with van der Waals surface area (Å²) in [6, 6.07) is 8.74. The topological polar surface area (TPSA) is 51.0 Å². The van der Waals surface area contributed by atoms with Crippen LogP contribution in [0.2, 0.25) is 0 Å². The van der Waals surface area contributed by atoms with Crippen molar-refractivity contribution in [3.8, 4) is 11.5 Å². The van der Waals surface area contributed by atoms with Crippen LogP contribution in [-0.2, 0) is 0 Å². The fourth-order valence-corrected chi connectivity index (χ4v) is 1.42. The van der Waals surface area contributed by atoms with Gasteiger partial charge in [0.1, 0.15) is 0 Å². The largest absolute Gasteiger partial charge is 0.403 e. The van der Waals surface area contributed by atoms with Crippen molar-refractivity contribution in [2.75, 3.05) is 5.32 Å². The summed E-state index contributed by atoms with van der Waals surface area (Å²) in [6.45, 7) is 6.08. The molecule has 4 nitrogen and oxygen atoms in total. The van der Waals surface area contributed by atoms with Crippen LogP contribution in [0.1, 0.15) is 19.4 Å². The molecule has 0 unspecified atom stereocenters. The summed E-state index contributed by atoms with van der Waals surface area (Å²) in [5, 5.41) is 11.0. The van der Waals surface area contributed by atoms with Gasteiger partial charge in [-0.1, -0.05) is 22.8 Å². The van der Waals surface area contributed by atoms with E-state index in [1.165, 1.54) is 5.56 Å². The highest BCUT2D eigenvalue weighted by Gasteiger charge is 2.08. The molecule has 1 aromatic carbocycles. The average Bonchev–Trinajstić information content (AvgIpc) is 2.65. The van der Waals surface area contributed by atoms with Crippen molar-refractivity contribution < 1.29 is 4.42 Å². The Kier molecular flexibility index (Phi) is 2.90. The molecule has 0 saturated carbocycles. The monoisotopic (exact) mass is 217 g/mol. The minimum atomic E-state index is 0.283. The van der Waals surface area contributed by atoms with Crippen LogP contribution in [0.3, 0.4) is 0 Å². The molecule has 0 bridgehead atoms. The van der Waals surface area contributed by atoms with Crippen LogP contribution in [0.4, 0.5) is 6.01 Å². The molecule has 1 N–H and O–H groups in total. The van der Waals surface area contributed by atoms with Crippen molar-refractivity contribution in [2.24, 2.45) is 0 Å². The van der Waals surface area contributed by atoms with E-state index in [1.807, 2.05) is 45.0 Å². The van der Waals surface area contributed by atoms with Gasteiger partial charge in [0.05, 0.1) is 0 Å². The minimum Gasteiger partial charge on any atom is -0.403 e. The molecule has 0 spiro atoms. The number of nitrogens with one attached hydrogen (secondary N) is 1. The normalized spacial score (nSPS) is 10.8. The van der Waals surface area contributed by atoms with E-state index in [9.17, 15) is 0 Å². The molecule has 0 atom stereocenters. The fraction of sp³-hybridized carbons (Fsp3) is 0.333. The van der Waals surface area contributed by atoms with Gasteiger partial charge in [0.15, 0.2) is 0 Å². The third-order valence-electron chi connectivity index (χ3n) is 2.10. The molecule has 1 heterocycles. The van der Waals surface area contributed by atoms with Crippen LogP contribution >= 0.6 is 0 Å². The van der Waals surface area contributed by atoms with Crippen molar-refractivity contribution in [1.82, 2.24) is 10.2 Å². The highest BCUT2D eigenvalue weighted by molar-refractivity contribution is 5.54. The maximum Gasteiger partial charge on any atom is 0.315 e.